The summed E-state index contributed by atoms with van der Waals surface area (Å²) >= 11 is 0. The van der Waals surface area contributed by atoms with Crippen LogP contribution in [0.3, 0.4) is 0 Å². The molecule has 4 nitrogen and oxygen atoms in total. The molecular formula is C25H29NO3. The van der Waals surface area contributed by atoms with Crippen molar-refractivity contribution in [3.63, 3.8) is 0 Å². The molecule has 0 bridgehead atoms. The summed E-state index contributed by atoms with van der Waals surface area (Å²) in [4.78, 5) is 0. The molecule has 3 aromatic rings. The Hall–Kier alpha value is -3.14. The zero-order chi connectivity index (χ0) is 20.3. The molecule has 4 heteroatoms. The molecule has 1 unspecified atom stereocenters. The van der Waals surface area contributed by atoms with Crippen LogP contribution in [0.4, 0.5) is 5.69 Å². The molecule has 0 fully saturated rings. The van der Waals surface area contributed by atoms with Gasteiger partial charge in [-0.05, 0) is 67.4 Å². The molecule has 3 aromatic carbocycles. The smallest absolute Gasteiger partial charge is 0.122 e. The Labute approximate surface area is 173 Å². The highest BCUT2D eigenvalue weighted by Crippen LogP contribution is 2.19. The first-order valence-corrected chi connectivity index (χ1v) is 10.1. The Morgan fingerprint density at radius 3 is 2.17 bits per heavy atom. The Morgan fingerprint density at radius 1 is 0.759 bits per heavy atom. The first-order valence-electron chi connectivity index (χ1n) is 10.1. The summed E-state index contributed by atoms with van der Waals surface area (Å²) < 4.78 is 17.3. The molecule has 0 saturated heterocycles. The van der Waals surface area contributed by atoms with Crippen LogP contribution in [0.15, 0.2) is 78.9 Å². The van der Waals surface area contributed by atoms with Gasteiger partial charge in [0.2, 0.25) is 0 Å². The minimum absolute atomic E-state index is 0.231. The van der Waals surface area contributed by atoms with Crippen LogP contribution in [-0.2, 0) is 6.54 Å². The topological polar surface area (TPSA) is 39.7 Å². The molecule has 0 radical (unpaired) electrons. The van der Waals surface area contributed by atoms with E-state index in [1.165, 1.54) is 0 Å². The SMILES string of the molecule is CCC(C)Oc1ccc(NCc2cccc(OCCOc3ccccc3)c2)cc1. The van der Waals surface area contributed by atoms with Gasteiger partial charge in [0.25, 0.3) is 0 Å². The minimum Gasteiger partial charge on any atom is -0.491 e. The largest absolute Gasteiger partial charge is 0.491 e. The van der Waals surface area contributed by atoms with Crippen molar-refractivity contribution in [2.24, 2.45) is 0 Å². The Balaban J connectivity index is 1.43. The van der Waals surface area contributed by atoms with Crippen molar-refractivity contribution < 1.29 is 14.2 Å². The molecule has 1 atom stereocenters. The van der Waals surface area contributed by atoms with Crippen LogP contribution < -0.4 is 19.5 Å². The van der Waals surface area contributed by atoms with Crippen LogP contribution in [0.5, 0.6) is 17.2 Å². The molecule has 0 aromatic heterocycles. The van der Waals surface area contributed by atoms with Crippen molar-refractivity contribution in [2.75, 3.05) is 18.5 Å². The quantitative estimate of drug-likeness (QED) is 0.411. The highest BCUT2D eigenvalue weighted by Gasteiger charge is 2.02. The van der Waals surface area contributed by atoms with E-state index >= 15 is 0 Å². The maximum absolute atomic E-state index is 5.82. The zero-order valence-electron chi connectivity index (χ0n) is 17.1. The third-order valence-electron chi connectivity index (χ3n) is 4.53. The van der Waals surface area contributed by atoms with Crippen molar-refractivity contribution in [2.45, 2.75) is 32.9 Å². The number of hydrogen-bond acceptors (Lipinski definition) is 4. The van der Waals surface area contributed by atoms with E-state index in [-0.39, 0.29) is 6.10 Å². The lowest BCUT2D eigenvalue weighted by molar-refractivity contribution is 0.217. The van der Waals surface area contributed by atoms with Crippen molar-refractivity contribution in [1.82, 2.24) is 0 Å². The second kappa shape index (κ2) is 11.0. The van der Waals surface area contributed by atoms with Crippen molar-refractivity contribution in [1.29, 1.82) is 0 Å². The third kappa shape index (κ3) is 7.07. The lowest BCUT2D eigenvalue weighted by Gasteiger charge is -2.13. The van der Waals surface area contributed by atoms with Crippen LogP contribution in [0, 0.1) is 0 Å². The van der Waals surface area contributed by atoms with E-state index in [0.29, 0.717) is 13.2 Å². The molecule has 0 aliphatic carbocycles. The van der Waals surface area contributed by atoms with Gasteiger partial charge in [0.1, 0.15) is 30.5 Å². The van der Waals surface area contributed by atoms with E-state index in [4.69, 9.17) is 14.2 Å². The number of ether oxygens (including phenoxy) is 3. The molecule has 152 valence electrons. The number of benzene rings is 3. The fraction of sp³-hybridized carbons (Fsp3) is 0.280. The minimum atomic E-state index is 0.231. The van der Waals surface area contributed by atoms with Crippen LogP contribution >= 0.6 is 0 Å². The lowest BCUT2D eigenvalue weighted by atomic mass is 10.2. The van der Waals surface area contributed by atoms with Crippen LogP contribution in [0.25, 0.3) is 0 Å². The van der Waals surface area contributed by atoms with Crippen LogP contribution in [-0.4, -0.2) is 19.3 Å². The fourth-order valence-electron chi connectivity index (χ4n) is 2.75. The molecule has 0 saturated carbocycles. The van der Waals surface area contributed by atoms with Crippen LogP contribution in [0.1, 0.15) is 25.8 Å². The van der Waals surface area contributed by atoms with Gasteiger partial charge in [-0.3, -0.25) is 0 Å². The summed E-state index contributed by atoms with van der Waals surface area (Å²) in [6, 6.07) is 26.0. The molecular weight excluding hydrogens is 362 g/mol. The van der Waals surface area contributed by atoms with Crippen molar-refractivity contribution in [3.8, 4) is 17.2 Å². The van der Waals surface area contributed by atoms with Gasteiger partial charge in [-0.25, -0.2) is 0 Å². The lowest BCUT2D eigenvalue weighted by Crippen LogP contribution is -2.09. The summed E-state index contributed by atoms with van der Waals surface area (Å²) in [6.07, 6.45) is 1.23. The molecule has 1 N–H and O–H groups in total. The summed E-state index contributed by atoms with van der Waals surface area (Å²) in [5, 5.41) is 3.44. The van der Waals surface area contributed by atoms with Gasteiger partial charge in [0.05, 0.1) is 6.10 Å². The molecule has 0 amide bonds. The Morgan fingerprint density at radius 2 is 1.45 bits per heavy atom. The summed E-state index contributed by atoms with van der Waals surface area (Å²) in [6.45, 7) is 5.94. The average molecular weight is 392 g/mol. The normalized spacial score (nSPS) is 11.5. The third-order valence-corrected chi connectivity index (χ3v) is 4.53. The number of nitrogens with one attached hydrogen (secondary N) is 1. The summed E-state index contributed by atoms with van der Waals surface area (Å²) in [5.41, 5.74) is 2.22. The van der Waals surface area contributed by atoms with Gasteiger partial charge in [0.15, 0.2) is 0 Å². The standard InChI is InChI=1S/C25H29NO3/c1-3-20(2)29-24-14-12-22(13-15-24)26-19-21-8-7-11-25(18-21)28-17-16-27-23-9-5-4-6-10-23/h4-15,18,20,26H,3,16-17,19H2,1-2H3. The second-order valence-electron chi connectivity index (χ2n) is 6.87. The highest BCUT2D eigenvalue weighted by atomic mass is 16.5. The van der Waals surface area contributed by atoms with Gasteiger partial charge >= 0.3 is 0 Å². The van der Waals surface area contributed by atoms with Gasteiger partial charge in [-0.15, -0.1) is 0 Å². The van der Waals surface area contributed by atoms with Crippen molar-refractivity contribution in [3.05, 3.63) is 84.4 Å². The van der Waals surface area contributed by atoms with E-state index in [0.717, 1.165) is 41.5 Å². The highest BCUT2D eigenvalue weighted by molar-refractivity contribution is 5.47. The number of para-hydroxylation sites is 1. The maximum atomic E-state index is 5.82. The number of anilines is 1. The first kappa shape index (κ1) is 20.6. The fourth-order valence-corrected chi connectivity index (χ4v) is 2.75. The molecule has 3 rings (SSSR count). The summed E-state index contributed by atoms with van der Waals surface area (Å²) in [7, 11) is 0. The first-order chi connectivity index (χ1) is 14.2. The molecule has 0 spiro atoms. The van der Waals surface area contributed by atoms with Gasteiger partial charge in [0, 0.05) is 12.2 Å². The molecule has 0 heterocycles. The molecule has 0 aliphatic heterocycles. The van der Waals surface area contributed by atoms with E-state index in [1.54, 1.807) is 0 Å². The Bertz CT molecular complexity index is 849. The van der Waals surface area contributed by atoms with Crippen LogP contribution in [0.2, 0.25) is 0 Å². The van der Waals surface area contributed by atoms with Gasteiger partial charge < -0.3 is 19.5 Å². The zero-order valence-corrected chi connectivity index (χ0v) is 17.1. The number of rotatable bonds is 11. The predicted molar refractivity (Wildman–Crippen MR) is 118 cm³/mol. The molecule has 0 aliphatic rings. The average Bonchev–Trinajstić information content (AvgIpc) is 2.77. The maximum Gasteiger partial charge on any atom is 0.122 e. The van der Waals surface area contributed by atoms with E-state index in [9.17, 15) is 0 Å². The van der Waals surface area contributed by atoms with Crippen molar-refractivity contribution >= 4 is 5.69 Å². The Kier molecular flexibility index (Phi) is 7.81. The number of hydrogen-bond donors (Lipinski definition) is 1. The van der Waals surface area contributed by atoms with E-state index in [1.807, 2.05) is 66.7 Å². The predicted octanol–water partition coefficient (Wildman–Crippen LogP) is 5.93. The monoisotopic (exact) mass is 391 g/mol. The second-order valence-corrected chi connectivity index (χ2v) is 6.87. The van der Waals surface area contributed by atoms with Gasteiger partial charge in [-0.1, -0.05) is 37.3 Å². The van der Waals surface area contributed by atoms with E-state index < -0.39 is 0 Å². The van der Waals surface area contributed by atoms with Gasteiger partial charge in [-0.2, -0.15) is 0 Å². The molecule has 29 heavy (non-hydrogen) atoms. The van der Waals surface area contributed by atoms with E-state index in [2.05, 4.69) is 31.3 Å². The summed E-state index contributed by atoms with van der Waals surface area (Å²) in [5.74, 6) is 2.60.